The van der Waals surface area contributed by atoms with E-state index >= 15 is 0 Å². The lowest BCUT2D eigenvalue weighted by atomic mass is 10.2. The molecule has 3 aromatic rings. The van der Waals surface area contributed by atoms with Crippen LogP contribution in [0, 0.1) is 11.6 Å². The number of halogens is 4. The van der Waals surface area contributed by atoms with Crippen molar-refractivity contribution < 1.29 is 21.6 Å². The molecular weight excluding hydrogens is 399 g/mol. The molecule has 0 spiro atoms. The van der Waals surface area contributed by atoms with Crippen LogP contribution in [0.25, 0.3) is 11.5 Å². The number of nitrogens with one attached hydrogen (secondary N) is 1. The summed E-state index contributed by atoms with van der Waals surface area (Å²) in [5.41, 5.74) is 0.0858. The molecule has 0 aliphatic carbocycles. The van der Waals surface area contributed by atoms with Gasteiger partial charge in [-0.15, -0.1) is 5.10 Å². The van der Waals surface area contributed by atoms with E-state index in [1.807, 2.05) is 0 Å². The lowest BCUT2D eigenvalue weighted by molar-refractivity contribution is 0.508. The van der Waals surface area contributed by atoms with Gasteiger partial charge in [0.25, 0.3) is 10.0 Å². The van der Waals surface area contributed by atoms with Gasteiger partial charge in [-0.2, -0.15) is 0 Å². The fraction of sp³-hybridized carbons (Fsp3) is 0. The fourth-order valence-electron chi connectivity index (χ4n) is 1.87. The normalized spacial score (nSPS) is 11.5. The van der Waals surface area contributed by atoms with Crippen LogP contribution in [0.15, 0.2) is 45.7 Å². The largest absolute Gasteiger partial charge is 0.403 e. The van der Waals surface area contributed by atoms with Crippen LogP contribution >= 0.6 is 23.2 Å². The molecule has 0 atom stereocenters. The predicted molar refractivity (Wildman–Crippen MR) is 86.9 cm³/mol. The van der Waals surface area contributed by atoms with E-state index < -0.39 is 27.7 Å². The van der Waals surface area contributed by atoms with Crippen molar-refractivity contribution in [1.29, 1.82) is 0 Å². The van der Waals surface area contributed by atoms with Gasteiger partial charge in [0, 0.05) is 15.6 Å². The summed E-state index contributed by atoms with van der Waals surface area (Å²) in [5.74, 6) is -2.34. The van der Waals surface area contributed by atoms with Gasteiger partial charge < -0.3 is 4.42 Å². The van der Waals surface area contributed by atoms with Crippen LogP contribution in [0.3, 0.4) is 0 Å². The minimum atomic E-state index is -4.09. The SMILES string of the molecule is O=S(=O)(Nc1nnc(-c2ccc(F)c(F)c2)o1)c1cc(Cl)cc(Cl)c1. The van der Waals surface area contributed by atoms with Crippen molar-refractivity contribution in [3.05, 3.63) is 58.1 Å². The average Bonchev–Trinajstić information content (AvgIpc) is 2.97. The molecule has 1 aromatic heterocycles. The molecule has 0 amide bonds. The average molecular weight is 406 g/mol. The Bertz CT molecular complexity index is 1040. The zero-order chi connectivity index (χ0) is 18.2. The molecule has 0 saturated carbocycles. The highest BCUT2D eigenvalue weighted by molar-refractivity contribution is 7.92. The topological polar surface area (TPSA) is 85.1 Å². The molecule has 11 heteroatoms. The highest BCUT2D eigenvalue weighted by Gasteiger charge is 2.20. The van der Waals surface area contributed by atoms with Crippen LogP contribution < -0.4 is 4.72 Å². The number of sulfonamides is 1. The highest BCUT2D eigenvalue weighted by Crippen LogP contribution is 2.26. The van der Waals surface area contributed by atoms with Crippen LogP contribution in [0.1, 0.15) is 0 Å². The zero-order valence-corrected chi connectivity index (χ0v) is 14.3. The Balaban J connectivity index is 1.88. The van der Waals surface area contributed by atoms with Crippen molar-refractivity contribution in [2.45, 2.75) is 4.90 Å². The van der Waals surface area contributed by atoms with Crippen molar-refractivity contribution in [2.24, 2.45) is 0 Å². The van der Waals surface area contributed by atoms with Gasteiger partial charge in [0.05, 0.1) is 4.90 Å². The minimum absolute atomic E-state index is 0.0858. The van der Waals surface area contributed by atoms with Gasteiger partial charge in [0.15, 0.2) is 11.6 Å². The number of hydrogen-bond acceptors (Lipinski definition) is 5. The first-order valence-corrected chi connectivity index (χ1v) is 8.76. The van der Waals surface area contributed by atoms with E-state index in [9.17, 15) is 17.2 Å². The molecule has 130 valence electrons. The van der Waals surface area contributed by atoms with Crippen molar-refractivity contribution in [2.75, 3.05) is 4.72 Å². The van der Waals surface area contributed by atoms with Crippen LogP contribution in [-0.4, -0.2) is 18.6 Å². The van der Waals surface area contributed by atoms with Gasteiger partial charge in [-0.1, -0.05) is 28.3 Å². The minimum Gasteiger partial charge on any atom is -0.403 e. The summed E-state index contributed by atoms with van der Waals surface area (Å²) in [6.45, 7) is 0. The van der Waals surface area contributed by atoms with E-state index in [1.165, 1.54) is 24.3 Å². The second-order valence-electron chi connectivity index (χ2n) is 4.75. The van der Waals surface area contributed by atoms with Gasteiger partial charge in [-0.25, -0.2) is 21.9 Å². The number of hydrogen-bond donors (Lipinski definition) is 1. The van der Waals surface area contributed by atoms with Crippen molar-refractivity contribution >= 4 is 39.2 Å². The Morgan fingerprint density at radius 2 is 1.64 bits per heavy atom. The lowest BCUT2D eigenvalue weighted by Crippen LogP contribution is -2.13. The maximum atomic E-state index is 13.2. The van der Waals surface area contributed by atoms with Gasteiger partial charge >= 0.3 is 6.01 Å². The first kappa shape index (κ1) is 17.6. The molecule has 1 heterocycles. The second-order valence-corrected chi connectivity index (χ2v) is 7.31. The van der Waals surface area contributed by atoms with E-state index in [1.54, 1.807) is 0 Å². The van der Waals surface area contributed by atoms with E-state index in [0.29, 0.717) is 0 Å². The Morgan fingerprint density at radius 1 is 0.960 bits per heavy atom. The molecule has 0 saturated heterocycles. The Kier molecular flexibility index (Phi) is 4.63. The molecule has 3 rings (SSSR count). The van der Waals surface area contributed by atoms with Gasteiger partial charge in [-0.3, -0.25) is 0 Å². The maximum Gasteiger partial charge on any atom is 0.330 e. The predicted octanol–water partition coefficient (Wildman–Crippen LogP) is 4.12. The standard InChI is InChI=1S/C14H7Cl2F2N3O3S/c15-8-4-9(16)6-10(5-8)25(22,23)21-14-20-19-13(24-14)7-1-2-11(17)12(18)3-7/h1-6H,(H,20,21). The summed E-state index contributed by atoms with van der Waals surface area (Å²) in [4.78, 5) is -0.211. The monoisotopic (exact) mass is 405 g/mol. The second kappa shape index (κ2) is 6.58. The van der Waals surface area contributed by atoms with Crippen LogP contribution in [-0.2, 0) is 10.0 Å². The van der Waals surface area contributed by atoms with Gasteiger partial charge in [0.1, 0.15) is 0 Å². The Hall–Kier alpha value is -2.23. The summed E-state index contributed by atoms with van der Waals surface area (Å²) in [6, 6.07) is 6.21. The third kappa shape index (κ3) is 3.89. The molecule has 0 aliphatic rings. The molecule has 2 aromatic carbocycles. The van der Waals surface area contributed by atoms with E-state index in [2.05, 4.69) is 14.9 Å². The van der Waals surface area contributed by atoms with E-state index in [0.717, 1.165) is 12.1 Å². The Labute approximate surface area is 150 Å². The van der Waals surface area contributed by atoms with Crippen molar-refractivity contribution in [3.63, 3.8) is 0 Å². The first-order chi connectivity index (χ1) is 11.7. The number of nitrogens with zero attached hydrogens (tertiary/aromatic N) is 2. The molecule has 0 bridgehead atoms. The molecule has 25 heavy (non-hydrogen) atoms. The summed E-state index contributed by atoms with van der Waals surface area (Å²) in [5, 5.41) is 7.35. The molecule has 0 fully saturated rings. The van der Waals surface area contributed by atoms with Crippen molar-refractivity contribution in [3.8, 4) is 11.5 Å². The molecule has 0 unspecified atom stereocenters. The zero-order valence-electron chi connectivity index (χ0n) is 12.0. The van der Waals surface area contributed by atoms with Crippen LogP contribution in [0.5, 0.6) is 0 Å². The van der Waals surface area contributed by atoms with Crippen molar-refractivity contribution in [1.82, 2.24) is 10.2 Å². The van der Waals surface area contributed by atoms with E-state index in [-0.39, 0.29) is 26.4 Å². The lowest BCUT2D eigenvalue weighted by Gasteiger charge is -2.05. The molecule has 0 radical (unpaired) electrons. The number of benzene rings is 2. The van der Waals surface area contributed by atoms with Gasteiger partial charge in [-0.05, 0) is 36.4 Å². The summed E-state index contributed by atoms with van der Waals surface area (Å²) < 4.78 is 57.9. The van der Waals surface area contributed by atoms with Crippen LogP contribution in [0.4, 0.5) is 14.8 Å². The maximum absolute atomic E-state index is 13.2. The quantitative estimate of drug-likeness (QED) is 0.705. The van der Waals surface area contributed by atoms with E-state index in [4.69, 9.17) is 27.6 Å². The molecular formula is C14H7Cl2F2N3O3S. The third-order valence-corrected chi connectivity index (χ3v) is 4.70. The first-order valence-electron chi connectivity index (χ1n) is 6.52. The smallest absolute Gasteiger partial charge is 0.330 e. The van der Waals surface area contributed by atoms with Gasteiger partial charge in [0.2, 0.25) is 5.89 Å². The summed E-state index contributed by atoms with van der Waals surface area (Å²) >= 11 is 11.6. The number of anilines is 1. The number of rotatable bonds is 4. The molecule has 0 aliphatic heterocycles. The molecule has 1 N–H and O–H groups in total. The summed E-state index contributed by atoms with van der Waals surface area (Å²) in [6.07, 6.45) is 0. The fourth-order valence-corrected chi connectivity index (χ4v) is 3.52. The third-order valence-electron chi connectivity index (χ3n) is 2.96. The highest BCUT2D eigenvalue weighted by atomic mass is 35.5. The summed E-state index contributed by atoms with van der Waals surface area (Å²) in [7, 11) is -4.09. The van der Waals surface area contributed by atoms with Crippen LogP contribution in [0.2, 0.25) is 10.0 Å². The molecule has 6 nitrogen and oxygen atoms in total. The Morgan fingerprint density at radius 3 is 2.28 bits per heavy atom. The number of aromatic nitrogens is 2.